The first kappa shape index (κ1) is 13.9. The zero-order valence-electron chi connectivity index (χ0n) is 12.3. The van der Waals surface area contributed by atoms with E-state index in [9.17, 15) is 0 Å². The van der Waals surface area contributed by atoms with E-state index >= 15 is 0 Å². The van der Waals surface area contributed by atoms with Crippen molar-refractivity contribution >= 4 is 8.32 Å². The normalized spacial score (nSPS) is 29.8. The maximum absolute atomic E-state index is 6.10. The van der Waals surface area contributed by atoms with E-state index in [-0.39, 0.29) is 18.5 Å². The van der Waals surface area contributed by atoms with Gasteiger partial charge in [-0.3, -0.25) is 0 Å². The molecule has 2 aliphatic rings. The van der Waals surface area contributed by atoms with Gasteiger partial charge in [-0.1, -0.05) is 30.3 Å². The molecule has 0 saturated carbocycles. The van der Waals surface area contributed by atoms with Gasteiger partial charge in [-0.05, 0) is 25.7 Å². The molecule has 1 aliphatic heterocycles. The van der Waals surface area contributed by atoms with Crippen molar-refractivity contribution in [2.24, 2.45) is 0 Å². The Morgan fingerprint density at radius 1 is 1.10 bits per heavy atom. The maximum atomic E-state index is 6.10. The average molecular weight is 290 g/mol. The van der Waals surface area contributed by atoms with Crippen LogP contribution in [0.5, 0.6) is 0 Å². The van der Waals surface area contributed by atoms with Gasteiger partial charge in [0.25, 0.3) is 0 Å². The molecule has 2 unspecified atom stereocenters. The molecule has 1 aliphatic carbocycles. The standard InChI is InChI=1S/C16H22O3Si/c1-20(2,3)19-15-10-13-9-14(11-15)18-16(17-13)12-7-5-4-6-8-12/h4-8,10,13-14,16H,9,11H2,1-3H3/t13?,14?,16-/m1/s1. The summed E-state index contributed by atoms with van der Waals surface area (Å²) in [4.78, 5) is 0. The summed E-state index contributed by atoms with van der Waals surface area (Å²) in [5.41, 5.74) is 1.09. The fourth-order valence-corrected chi connectivity index (χ4v) is 3.65. The lowest BCUT2D eigenvalue weighted by Gasteiger charge is -2.39. The first-order valence-corrected chi connectivity index (χ1v) is 10.7. The van der Waals surface area contributed by atoms with Crippen LogP contribution in [-0.2, 0) is 13.9 Å². The molecule has 0 N–H and O–H groups in total. The lowest BCUT2D eigenvalue weighted by molar-refractivity contribution is -0.242. The SMILES string of the molecule is C[Si](C)(C)OC1=CC2CC(C1)O[C@H](c1ccccc1)O2. The smallest absolute Gasteiger partial charge is 0.241 e. The molecule has 108 valence electrons. The Hall–Kier alpha value is -1.10. The predicted molar refractivity (Wildman–Crippen MR) is 80.7 cm³/mol. The first-order valence-electron chi connectivity index (χ1n) is 7.25. The number of rotatable bonds is 3. The van der Waals surface area contributed by atoms with Gasteiger partial charge in [0.1, 0.15) is 0 Å². The van der Waals surface area contributed by atoms with Crippen molar-refractivity contribution in [1.82, 2.24) is 0 Å². The highest BCUT2D eigenvalue weighted by molar-refractivity contribution is 6.70. The van der Waals surface area contributed by atoms with Gasteiger partial charge in [-0.25, -0.2) is 0 Å². The molecule has 3 nitrogen and oxygen atoms in total. The van der Waals surface area contributed by atoms with E-state index in [1.807, 2.05) is 18.2 Å². The van der Waals surface area contributed by atoms with E-state index in [2.05, 4.69) is 37.8 Å². The zero-order chi connectivity index (χ0) is 14.2. The van der Waals surface area contributed by atoms with E-state index in [4.69, 9.17) is 13.9 Å². The highest BCUT2D eigenvalue weighted by Gasteiger charge is 2.35. The van der Waals surface area contributed by atoms with E-state index < -0.39 is 8.32 Å². The van der Waals surface area contributed by atoms with Crippen LogP contribution in [0, 0.1) is 0 Å². The molecule has 1 heterocycles. The van der Waals surface area contributed by atoms with Gasteiger partial charge >= 0.3 is 0 Å². The Balaban J connectivity index is 1.72. The monoisotopic (exact) mass is 290 g/mol. The number of hydrogen-bond donors (Lipinski definition) is 0. The molecule has 20 heavy (non-hydrogen) atoms. The van der Waals surface area contributed by atoms with Crippen molar-refractivity contribution in [2.45, 2.75) is 51.0 Å². The van der Waals surface area contributed by atoms with Crippen LogP contribution in [0.4, 0.5) is 0 Å². The highest BCUT2D eigenvalue weighted by Crippen LogP contribution is 2.37. The molecular formula is C16H22O3Si. The molecule has 0 spiro atoms. The maximum Gasteiger partial charge on any atom is 0.241 e. The van der Waals surface area contributed by atoms with Crippen LogP contribution >= 0.6 is 0 Å². The largest absolute Gasteiger partial charge is 0.547 e. The van der Waals surface area contributed by atoms with Crippen LogP contribution in [-0.4, -0.2) is 20.5 Å². The second-order valence-corrected chi connectivity index (χ2v) is 10.9. The van der Waals surface area contributed by atoms with Gasteiger partial charge in [-0.2, -0.15) is 0 Å². The van der Waals surface area contributed by atoms with Crippen molar-refractivity contribution in [2.75, 3.05) is 0 Å². The van der Waals surface area contributed by atoms with Crippen molar-refractivity contribution in [3.63, 3.8) is 0 Å². The summed E-state index contributed by atoms with van der Waals surface area (Å²) in [6, 6.07) is 10.1. The highest BCUT2D eigenvalue weighted by atomic mass is 28.4. The first-order chi connectivity index (χ1) is 9.49. The minimum atomic E-state index is -1.55. The minimum Gasteiger partial charge on any atom is -0.547 e. The second-order valence-electron chi connectivity index (χ2n) is 6.46. The van der Waals surface area contributed by atoms with Crippen LogP contribution in [0.2, 0.25) is 19.6 Å². The lowest BCUT2D eigenvalue weighted by Crippen LogP contribution is -2.38. The van der Waals surface area contributed by atoms with Crippen molar-refractivity contribution < 1.29 is 13.9 Å². The van der Waals surface area contributed by atoms with Crippen LogP contribution in [0.1, 0.15) is 24.7 Å². The van der Waals surface area contributed by atoms with E-state index in [0.29, 0.717) is 0 Å². The quantitative estimate of drug-likeness (QED) is 0.788. The molecule has 1 fully saturated rings. The summed E-state index contributed by atoms with van der Waals surface area (Å²) in [7, 11) is -1.55. The number of benzene rings is 1. The summed E-state index contributed by atoms with van der Waals surface area (Å²) in [6.45, 7) is 6.60. The molecule has 1 saturated heterocycles. The molecule has 1 aromatic carbocycles. The minimum absolute atomic E-state index is 0.110. The molecule has 2 bridgehead atoms. The Morgan fingerprint density at radius 2 is 1.85 bits per heavy atom. The van der Waals surface area contributed by atoms with Crippen LogP contribution < -0.4 is 0 Å². The molecule has 4 heteroatoms. The third-order valence-electron chi connectivity index (χ3n) is 3.42. The summed E-state index contributed by atoms with van der Waals surface area (Å²) in [5, 5.41) is 0. The Bertz CT molecular complexity index is 492. The van der Waals surface area contributed by atoms with E-state index in [1.165, 1.54) is 0 Å². The molecule has 3 atom stereocenters. The Kier molecular flexibility index (Phi) is 3.71. The summed E-state index contributed by atoms with van der Waals surface area (Å²) in [5.74, 6) is 1.05. The summed E-state index contributed by atoms with van der Waals surface area (Å²) >= 11 is 0. The average Bonchev–Trinajstić information content (AvgIpc) is 2.36. The van der Waals surface area contributed by atoms with E-state index in [1.54, 1.807) is 0 Å². The van der Waals surface area contributed by atoms with E-state index in [0.717, 1.165) is 24.2 Å². The molecule has 1 aromatic rings. The fourth-order valence-electron chi connectivity index (χ4n) is 2.71. The second kappa shape index (κ2) is 5.35. The number of ether oxygens (including phenoxy) is 2. The predicted octanol–water partition coefficient (Wildman–Crippen LogP) is 4.00. The van der Waals surface area contributed by atoms with Crippen molar-refractivity contribution in [1.29, 1.82) is 0 Å². The number of fused-ring (bicyclic) bond motifs is 2. The molecule has 0 aromatic heterocycles. The van der Waals surface area contributed by atoms with Crippen molar-refractivity contribution in [3.05, 3.63) is 47.7 Å². The van der Waals surface area contributed by atoms with Gasteiger partial charge in [-0.15, -0.1) is 0 Å². The molecule has 3 rings (SSSR count). The third-order valence-corrected chi connectivity index (χ3v) is 4.29. The molecule has 0 radical (unpaired) electrons. The molecular weight excluding hydrogens is 268 g/mol. The third kappa shape index (κ3) is 3.31. The van der Waals surface area contributed by atoms with Gasteiger partial charge < -0.3 is 13.9 Å². The van der Waals surface area contributed by atoms with Crippen LogP contribution in [0.3, 0.4) is 0 Å². The van der Waals surface area contributed by atoms with Crippen LogP contribution in [0.25, 0.3) is 0 Å². The van der Waals surface area contributed by atoms with Crippen LogP contribution in [0.15, 0.2) is 42.2 Å². The van der Waals surface area contributed by atoms with Gasteiger partial charge in [0, 0.05) is 18.4 Å². The zero-order valence-corrected chi connectivity index (χ0v) is 13.3. The van der Waals surface area contributed by atoms with Gasteiger partial charge in [0.05, 0.1) is 18.0 Å². The van der Waals surface area contributed by atoms with Crippen molar-refractivity contribution in [3.8, 4) is 0 Å². The topological polar surface area (TPSA) is 27.7 Å². The Morgan fingerprint density at radius 3 is 2.50 bits per heavy atom. The van der Waals surface area contributed by atoms with Gasteiger partial charge in [0.15, 0.2) is 6.29 Å². The lowest BCUT2D eigenvalue weighted by atomic mass is 9.98. The number of hydrogen-bond acceptors (Lipinski definition) is 3. The molecule has 0 amide bonds. The summed E-state index contributed by atoms with van der Waals surface area (Å²) in [6.07, 6.45) is 4.02. The van der Waals surface area contributed by atoms with Gasteiger partial charge in [0.2, 0.25) is 8.32 Å². The Labute approximate surface area is 121 Å². The fraction of sp³-hybridized carbons (Fsp3) is 0.500. The summed E-state index contributed by atoms with van der Waals surface area (Å²) < 4.78 is 18.2.